The van der Waals surface area contributed by atoms with Crippen LogP contribution < -0.4 is 10.6 Å². The summed E-state index contributed by atoms with van der Waals surface area (Å²) in [5, 5.41) is 8.95. The lowest BCUT2D eigenvalue weighted by Crippen LogP contribution is -2.16. The molecule has 1 aliphatic heterocycles. The zero-order chi connectivity index (χ0) is 17.1. The Bertz CT molecular complexity index is 836. The fourth-order valence-electron chi connectivity index (χ4n) is 3.04. The summed E-state index contributed by atoms with van der Waals surface area (Å²) in [6.07, 6.45) is 5.94. The third-order valence-corrected chi connectivity index (χ3v) is 5.02. The van der Waals surface area contributed by atoms with E-state index in [-0.39, 0.29) is 12.4 Å². The molecular formula is C17H23ClN6OS. The molecular weight excluding hydrogens is 372 g/mol. The monoisotopic (exact) mass is 394 g/mol. The molecule has 0 aromatic carbocycles. The van der Waals surface area contributed by atoms with Gasteiger partial charge >= 0.3 is 0 Å². The molecule has 26 heavy (non-hydrogen) atoms. The lowest BCUT2D eigenvalue weighted by Gasteiger charge is -2.14. The number of nitrogens with one attached hydrogen (secondary N) is 2. The summed E-state index contributed by atoms with van der Waals surface area (Å²) in [5.74, 6) is 1.66. The van der Waals surface area contributed by atoms with Crippen LogP contribution in [0.25, 0.3) is 4.96 Å². The molecule has 0 spiro atoms. The highest BCUT2D eigenvalue weighted by molar-refractivity contribution is 7.15. The van der Waals surface area contributed by atoms with Crippen LogP contribution in [0.4, 0.5) is 5.82 Å². The van der Waals surface area contributed by atoms with Crippen LogP contribution in [0.3, 0.4) is 0 Å². The van der Waals surface area contributed by atoms with Crippen LogP contribution in [0.1, 0.15) is 29.7 Å². The van der Waals surface area contributed by atoms with Crippen LogP contribution in [-0.2, 0) is 30.7 Å². The Labute approximate surface area is 162 Å². The van der Waals surface area contributed by atoms with Gasteiger partial charge in [-0.15, -0.1) is 23.7 Å². The number of fused-ring (bicyclic) bond motifs is 2. The van der Waals surface area contributed by atoms with Gasteiger partial charge in [0.15, 0.2) is 10.8 Å². The molecule has 2 N–H and O–H groups in total. The van der Waals surface area contributed by atoms with Crippen molar-refractivity contribution >= 4 is 34.5 Å². The first-order valence-corrected chi connectivity index (χ1v) is 9.53. The largest absolute Gasteiger partial charge is 0.374 e. The van der Waals surface area contributed by atoms with E-state index in [9.17, 15) is 0 Å². The number of imidazole rings is 1. The fraction of sp³-hybridized carbons (Fsp3) is 0.471. The molecule has 0 bridgehead atoms. The van der Waals surface area contributed by atoms with Crippen LogP contribution in [0.5, 0.6) is 0 Å². The summed E-state index contributed by atoms with van der Waals surface area (Å²) in [7, 11) is 0. The fourth-order valence-corrected chi connectivity index (χ4v) is 3.75. The van der Waals surface area contributed by atoms with Gasteiger partial charge in [-0.2, -0.15) is 0 Å². The van der Waals surface area contributed by atoms with Gasteiger partial charge in [0, 0.05) is 42.9 Å². The molecule has 140 valence electrons. The normalized spacial score (nSPS) is 13.9. The molecule has 0 saturated carbocycles. The van der Waals surface area contributed by atoms with Gasteiger partial charge in [0.1, 0.15) is 12.4 Å². The summed E-state index contributed by atoms with van der Waals surface area (Å²) < 4.78 is 7.55. The van der Waals surface area contributed by atoms with Crippen LogP contribution in [0, 0.1) is 0 Å². The number of anilines is 1. The van der Waals surface area contributed by atoms with Crippen molar-refractivity contribution in [2.24, 2.45) is 0 Å². The van der Waals surface area contributed by atoms with Crippen LogP contribution >= 0.6 is 23.7 Å². The number of halogens is 1. The van der Waals surface area contributed by atoms with Gasteiger partial charge in [-0.05, 0) is 19.9 Å². The molecule has 0 unspecified atom stereocenters. The maximum absolute atomic E-state index is 5.51. The van der Waals surface area contributed by atoms with E-state index < -0.39 is 0 Å². The average molecular weight is 395 g/mol. The predicted octanol–water partition coefficient (Wildman–Crippen LogP) is 2.44. The number of rotatable bonds is 6. The Kier molecular flexibility index (Phi) is 6.42. The minimum atomic E-state index is 0. The van der Waals surface area contributed by atoms with Crippen molar-refractivity contribution in [2.75, 3.05) is 25.0 Å². The van der Waals surface area contributed by atoms with Gasteiger partial charge in [0.05, 0.1) is 17.9 Å². The summed E-state index contributed by atoms with van der Waals surface area (Å²) in [6, 6.07) is 0. The SMILES string of the molecule is CCOCc1nc2c(c(NCc3cn4ccsc4n3)n1)CCNCC2.Cl. The number of nitrogens with zero attached hydrogens (tertiary/aromatic N) is 4. The Balaban J connectivity index is 0.00000196. The third kappa shape index (κ3) is 4.15. The molecule has 0 aliphatic carbocycles. The van der Waals surface area contributed by atoms with Gasteiger partial charge in [-0.3, -0.25) is 4.40 Å². The molecule has 0 saturated heterocycles. The molecule has 4 rings (SSSR count). The molecule has 0 fully saturated rings. The highest BCUT2D eigenvalue weighted by atomic mass is 35.5. The zero-order valence-corrected chi connectivity index (χ0v) is 16.3. The predicted molar refractivity (Wildman–Crippen MR) is 105 cm³/mol. The van der Waals surface area contributed by atoms with Crippen LogP contribution in [-0.4, -0.2) is 39.0 Å². The third-order valence-electron chi connectivity index (χ3n) is 4.24. The second kappa shape index (κ2) is 8.77. The highest BCUT2D eigenvalue weighted by Gasteiger charge is 2.17. The first-order chi connectivity index (χ1) is 12.3. The number of hydrogen-bond donors (Lipinski definition) is 2. The highest BCUT2D eigenvalue weighted by Crippen LogP contribution is 2.21. The number of hydrogen-bond acceptors (Lipinski definition) is 7. The van der Waals surface area contributed by atoms with Crippen molar-refractivity contribution in [1.82, 2.24) is 24.7 Å². The standard InChI is InChI=1S/C17H22N6OS.ClH/c1-2-24-11-15-21-14-4-6-18-5-3-13(14)16(22-15)19-9-12-10-23-7-8-25-17(23)20-12;/h7-8,10,18H,2-6,9,11H2,1H3,(H,19,21,22);1H. The Morgan fingerprint density at radius 1 is 1.27 bits per heavy atom. The number of thiazole rings is 1. The van der Waals surface area contributed by atoms with E-state index in [4.69, 9.17) is 14.7 Å². The maximum Gasteiger partial charge on any atom is 0.193 e. The van der Waals surface area contributed by atoms with Crippen molar-refractivity contribution < 1.29 is 4.74 Å². The average Bonchev–Trinajstić information content (AvgIpc) is 3.12. The van der Waals surface area contributed by atoms with Gasteiger partial charge in [0.2, 0.25) is 0 Å². The summed E-state index contributed by atoms with van der Waals surface area (Å²) in [4.78, 5) is 15.1. The summed E-state index contributed by atoms with van der Waals surface area (Å²) in [5.41, 5.74) is 3.35. The van der Waals surface area contributed by atoms with Gasteiger partial charge < -0.3 is 15.4 Å². The van der Waals surface area contributed by atoms with Crippen molar-refractivity contribution in [3.05, 3.63) is 40.5 Å². The van der Waals surface area contributed by atoms with Crippen molar-refractivity contribution in [3.63, 3.8) is 0 Å². The molecule has 0 amide bonds. The maximum atomic E-state index is 5.51. The van der Waals surface area contributed by atoms with E-state index in [1.165, 1.54) is 5.56 Å². The first kappa shape index (κ1) is 19.0. The van der Waals surface area contributed by atoms with Crippen LogP contribution in [0.2, 0.25) is 0 Å². The summed E-state index contributed by atoms with van der Waals surface area (Å²) in [6.45, 7) is 5.66. The smallest absolute Gasteiger partial charge is 0.193 e. The molecule has 4 heterocycles. The second-order valence-electron chi connectivity index (χ2n) is 5.98. The van der Waals surface area contributed by atoms with Crippen LogP contribution in [0.15, 0.2) is 17.8 Å². The number of ether oxygens (including phenoxy) is 1. The minimum absolute atomic E-state index is 0. The van der Waals surface area contributed by atoms with Gasteiger partial charge in [0.25, 0.3) is 0 Å². The van der Waals surface area contributed by atoms with E-state index in [0.717, 1.165) is 53.9 Å². The molecule has 3 aromatic heterocycles. The molecule has 9 heteroatoms. The van der Waals surface area contributed by atoms with E-state index >= 15 is 0 Å². The topological polar surface area (TPSA) is 76.4 Å². The summed E-state index contributed by atoms with van der Waals surface area (Å²) >= 11 is 1.64. The van der Waals surface area contributed by atoms with Gasteiger partial charge in [-0.1, -0.05) is 0 Å². The van der Waals surface area contributed by atoms with E-state index in [1.54, 1.807) is 11.3 Å². The minimum Gasteiger partial charge on any atom is -0.374 e. The second-order valence-corrected chi connectivity index (χ2v) is 6.85. The van der Waals surface area contributed by atoms with Gasteiger partial charge in [-0.25, -0.2) is 15.0 Å². The molecule has 3 aromatic rings. The van der Waals surface area contributed by atoms with Crippen molar-refractivity contribution in [3.8, 4) is 0 Å². The number of aromatic nitrogens is 4. The van der Waals surface area contributed by atoms with Crippen molar-refractivity contribution in [1.29, 1.82) is 0 Å². The zero-order valence-electron chi connectivity index (χ0n) is 14.7. The molecule has 0 radical (unpaired) electrons. The van der Waals surface area contributed by atoms with E-state index in [2.05, 4.69) is 21.8 Å². The van der Waals surface area contributed by atoms with Crippen molar-refractivity contribution in [2.45, 2.75) is 32.9 Å². The van der Waals surface area contributed by atoms with E-state index in [1.807, 2.05) is 22.9 Å². The Morgan fingerprint density at radius 3 is 3.00 bits per heavy atom. The van der Waals surface area contributed by atoms with E-state index in [0.29, 0.717) is 19.8 Å². The quantitative estimate of drug-likeness (QED) is 0.668. The molecule has 7 nitrogen and oxygen atoms in total. The lowest BCUT2D eigenvalue weighted by molar-refractivity contribution is 0.128. The molecule has 0 atom stereocenters. The lowest BCUT2D eigenvalue weighted by atomic mass is 10.1. The Morgan fingerprint density at radius 2 is 2.15 bits per heavy atom. The Hall–Kier alpha value is -1.74. The first-order valence-electron chi connectivity index (χ1n) is 8.65. The molecule has 1 aliphatic rings.